The van der Waals surface area contributed by atoms with E-state index in [1.54, 1.807) is 17.2 Å². The van der Waals surface area contributed by atoms with Crippen LogP contribution in [-0.2, 0) is 16.1 Å². The fourth-order valence-corrected chi connectivity index (χ4v) is 5.80. The molecule has 9 heteroatoms. The Hall–Kier alpha value is -2.81. The van der Waals surface area contributed by atoms with Gasteiger partial charge in [-0.1, -0.05) is 13.8 Å². The highest BCUT2D eigenvalue weighted by Gasteiger charge is 2.55. The minimum atomic E-state index is -0.641. The van der Waals surface area contributed by atoms with Gasteiger partial charge in [0.1, 0.15) is 6.54 Å². The lowest BCUT2D eigenvalue weighted by Crippen LogP contribution is -2.50. The highest BCUT2D eigenvalue weighted by Crippen LogP contribution is 2.48. The van der Waals surface area contributed by atoms with Crippen molar-refractivity contribution in [2.75, 3.05) is 19.6 Å². The van der Waals surface area contributed by atoms with Crippen LogP contribution in [0.4, 0.5) is 0 Å². The number of primary amides is 1. The number of ketones is 1. The molecule has 0 bridgehead atoms. The van der Waals surface area contributed by atoms with Gasteiger partial charge in [0, 0.05) is 23.7 Å². The molecule has 1 saturated carbocycles. The second-order valence-corrected chi connectivity index (χ2v) is 10.8. The van der Waals surface area contributed by atoms with Crippen LogP contribution < -0.4 is 5.73 Å². The van der Waals surface area contributed by atoms with Crippen LogP contribution in [0.3, 0.4) is 0 Å². The van der Waals surface area contributed by atoms with Crippen molar-refractivity contribution in [3.8, 4) is 0 Å². The molecular formula is C24H32N6O3. The van der Waals surface area contributed by atoms with Gasteiger partial charge < -0.3 is 10.6 Å². The fraction of sp³-hybridized carbons (Fsp3) is 0.625. The van der Waals surface area contributed by atoms with Gasteiger partial charge in [0.05, 0.1) is 24.3 Å². The normalized spacial score (nSPS) is 26.4. The lowest BCUT2D eigenvalue weighted by atomic mass is 9.84. The maximum absolute atomic E-state index is 13.4. The summed E-state index contributed by atoms with van der Waals surface area (Å²) in [6.45, 7) is 8.52. The van der Waals surface area contributed by atoms with Gasteiger partial charge in [0.25, 0.3) is 5.91 Å². The Bertz CT molecular complexity index is 1140. The number of rotatable bonds is 6. The Balaban J connectivity index is 1.34. The molecule has 4 heterocycles. The van der Waals surface area contributed by atoms with Crippen molar-refractivity contribution in [1.29, 1.82) is 0 Å². The van der Waals surface area contributed by atoms with Gasteiger partial charge in [-0.25, -0.2) is 0 Å². The van der Waals surface area contributed by atoms with Gasteiger partial charge in [0.2, 0.25) is 5.91 Å². The van der Waals surface area contributed by atoms with Crippen molar-refractivity contribution in [3.05, 3.63) is 23.7 Å². The molecule has 176 valence electrons. The minimum Gasteiger partial charge on any atom is -0.364 e. The van der Waals surface area contributed by atoms with Crippen LogP contribution in [0.2, 0.25) is 0 Å². The van der Waals surface area contributed by atoms with E-state index in [0.29, 0.717) is 23.4 Å². The number of nitrogens with zero attached hydrogens (tertiary/aromatic N) is 5. The van der Waals surface area contributed by atoms with Crippen LogP contribution >= 0.6 is 0 Å². The van der Waals surface area contributed by atoms with Gasteiger partial charge in [0.15, 0.2) is 11.5 Å². The summed E-state index contributed by atoms with van der Waals surface area (Å²) in [5.74, 6) is -0.231. The molecule has 2 N–H and O–H groups in total. The topological polar surface area (TPSA) is 114 Å². The van der Waals surface area contributed by atoms with Crippen molar-refractivity contribution in [3.63, 3.8) is 0 Å². The molecule has 0 unspecified atom stereocenters. The van der Waals surface area contributed by atoms with Crippen molar-refractivity contribution in [1.82, 2.24) is 24.6 Å². The number of carbonyl (C=O) groups excluding carboxylic acids is 3. The van der Waals surface area contributed by atoms with Crippen LogP contribution in [0.1, 0.15) is 55.7 Å². The Morgan fingerprint density at radius 1 is 1.21 bits per heavy atom. The predicted octanol–water partition coefficient (Wildman–Crippen LogP) is 1.52. The summed E-state index contributed by atoms with van der Waals surface area (Å²) in [5, 5.41) is 4.91. The molecule has 3 atom stereocenters. The highest BCUT2D eigenvalue weighted by atomic mass is 16.2. The van der Waals surface area contributed by atoms with E-state index in [1.165, 1.54) is 11.1 Å². The maximum Gasteiger partial charge on any atom is 0.269 e. The second kappa shape index (κ2) is 7.90. The van der Waals surface area contributed by atoms with Gasteiger partial charge in [-0.05, 0) is 56.6 Å². The fourth-order valence-electron chi connectivity index (χ4n) is 5.80. The molecular weight excluding hydrogens is 420 g/mol. The molecule has 9 nitrogen and oxygen atoms in total. The number of hydrogen-bond donors (Lipinski definition) is 1. The summed E-state index contributed by atoms with van der Waals surface area (Å²) in [6.07, 6.45) is 5.59. The number of carbonyl (C=O) groups is 3. The Kier molecular flexibility index (Phi) is 5.27. The number of piperidine rings is 2. The quantitative estimate of drug-likeness (QED) is 0.711. The number of aryl methyl sites for hydroxylation is 1. The van der Waals surface area contributed by atoms with Crippen LogP contribution in [0, 0.1) is 18.3 Å². The smallest absolute Gasteiger partial charge is 0.269 e. The van der Waals surface area contributed by atoms with Crippen molar-refractivity contribution in [2.45, 2.75) is 65.1 Å². The molecule has 0 aromatic carbocycles. The number of aromatic nitrogens is 3. The summed E-state index contributed by atoms with van der Waals surface area (Å²) >= 11 is 0. The molecule has 3 aliphatic rings. The number of likely N-dealkylation sites (tertiary alicyclic amines) is 2. The van der Waals surface area contributed by atoms with Crippen molar-refractivity contribution in [2.24, 2.45) is 17.1 Å². The van der Waals surface area contributed by atoms with Crippen LogP contribution in [0.25, 0.3) is 10.9 Å². The second-order valence-electron chi connectivity index (χ2n) is 10.8. The largest absolute Gasteiger partial charge is 0.364 e. The summed E-state index contributed by atoms with van der Waals surface area (Å²) in [7, 11) is 0. The molecule has 2 amide bonds. The molecule has 3 fully saturated rings. The summed E-state index contributed by atoms with van der Waals surface area (Å²) in [4.78, 5) is 46.9. The molecule has 2 aromatic heterocycles. The lowest BCUT2D eigenvalue weighted by molar-refractivity contribution is -0.140. The number of fused-ring (bicyclic) bond motifs is 2. The first-order valence-electron chi connectivity index (χ1n) is 11.8. The van der Waals surface area contributed by atoms with Crippen LogP contribution in [0.15, 0.2) is 12.3 Å². The first-order valence-corrected chi connectivity index (χ1v) is 11.8. The standard InChI is InChI=1S/C24H32N6O3/c1-14-7-16-19(10-26-14)29(27-22(16)23(25)33)12-21(32)30-17-8-15(17)9-18(30)20(31)11-28-6-4-5-24(2,3)13-28/h7,10,15,17-18H,4-6,8-9,11-13H2,1-3H3,(H2,25,33)/t15-,17-,18+/m1/s1. The zero-order valence-electron chi connectivity index (χ0n) is 19.6. The third-order valence-electron chi connectivity index (χ3n) is 7.41. The van der Waals surface area contributed by atoms with E-state index in [4.69, 9.17) is 5.73 Å². The van der Waals surface area contributed by atoms with Gasteiger partial charge in [-0.15, -0.1) is 0 Å². The molecule has 5 rings (SSSR count). The SMILES string of the molecule is Cc1cc2c(C(N)=O)nn(CC(=O)N3[C@@H]4C[C@@H]4C[C@H]3C(=O)CN3CCCC(C)(C)C3)c2cn1. The van der Waals surface area contributed by atoms with E-state index < -0.39 is 5.91 Å². The third-order valence-corrected chi connectivity index (χ3v) is 7.41. The zero-order valence-corrected chi connectivity index (χ0v) is 19.6. The Labute approximate surface area is 193 Å². The van der Waals surface area contributed by atoms with Crippen molar-refractivity contribution < 1.29 is 14.4 Å². The molecule has 1 aliphatic carbocycles. The highest BCUT2D eigenvalue weighted by molar-refractivity contribution is 6.04. The number of nitrogens with two attached hydrogens (primary N) is 1. The molecule has 2 aromatic rings. The van der Waals surface area contributed by atoms with E-state index in [-0.39, 0.29) is 41.4 Å². The minimum absolute atomic E-state index is 0.0434. The predicted molar refractivity (Wildman–Crippen MR) is 122 cm³/mol. The third kappa shape index (κ3) is 4.14. The van der Waals surface area contributed by atoms with Gasteiger partial charge in [-0.2, -0.15) is 5.10 Å². The Morgan fingerprint density at radius 2 is 2.00 bits per heavy atom. The molecule has 33 heavy (non-hydrogen) atoms. The van der Waals surface area contributed by atoms with Crippen LogP contribution in [-0.4, -0.2) is 73.9 Å². The number of hydrogen-bond acceptors (Lipinski definition) is 6. The Morgan fingerprint density at radius 3 is 2.73 bits per heavy atom. The molecule has 2 aliphatic heterocycles. The van der Waals surface area contributed by atoms with Gasteiger partial charge in [-0.3, -0.25) is 28.9 Å². The number of amides is 2. The monoisotopic (exact) mass is 452 g/mol. The van der Waals surface area contributed by atoms with E-state index in [2.05, 4.69) is 28.8 Å². The first kappa shape index (κ1) is 22.0. The molecule has 2 saturated heterocycles. The van der Waals surface area contributed by atoms with Gasteiger partial charge >= 0.3 is 0 Å². The molecule has 0 spiro atoms. The van der Waals surface area contributed by atoms with Crippen LogP contribution in [0.5, 0.6) is 0 Å². The van der Waals surface area contributed by atoms with E-state index >= 15 is 0 Å². The van der Waals surface area contributed by atoms with E-state index in [1.807, 2.05) is 6.92 Å². The summed E-state index contributed by atoms with van der Waals surface area (Å²) < 4.78 is 1.49. The molecule has 0 radical (unpaired) electrons. The average Bonchev–Trinajstić information content (AvgIpc) is 3.24. The zero-order chi connectivity index (χ0) is 23.5. The van der Waals surface area contributed by atoms with E-state index in [0.717, 1.165) is 38.0 Å². The average molecular weight is 453 g/mol. The summed E-state index contributed by atoms with van der Waals surface area (Å²) in [5.41, 5.74) is 7.20. The maximum atomic E-state index is 13.4. The lowest BCUT2D eigenvalue weighted by Gasteiger charge is -2.38. The summed E-state index contributed by atoms with van der Waals surface area (Å²) in [6, 6.07) is 1.52. The van der Waals surface area contributed by atoms with E-state index in [9.17, 15) is 14.4 Å². The van der Waals surface area contributed by atoms with Crippen molar-refractivity contribution >= 4 is 28.5 Å². The number of pyridine rings is 1. The number of Topliss-reactive ketones (excluding diaryl/α,β-unsaturated/α-hetero) is 1. The first-order chi connectivity index (χ1) is 15.6.